The van der Waals surface area contributed by atoms with Gasteiger partial charge in [-0.2, -0.15) is 5.26 Å². The smallest absolute Gasteiger partial charge is 0.0961 e. The van der Waals surface area contributed by atoms with Crippen molar-refractivity contribution >= 4 is 24.4 Å². The van der Waals surface area contributed by atoms with Crippen LogP contribution < -0.4 is 0 Å². The van der Waals surface area contributed by atoms with Crippen LogP contribution >= 0.6 is 24.4 Å². The SMILES string of the molecule is CS/C(S)=C(\C)C#N. The highest BCUT2D eigenvalue weighted by Gasteiger charge is 1.90. The van der Waals surface area contributed by atoms with Crippen molar-refractivity contribution in [1.82, 2.24) is 0 Å². The first kappa shape index (κ1) is 7.93. The van der Waals surface area contributed by atoms with Crippen LogP contribution in [-0.2, 0) is 0 Å². The Labute approximate surface area is 59.2 Å². The van der Waals surface area contributed by atoms with Crippen LogP contribution in [0.5, 0.6) is 0 Å². The molecule has 0 aromatic carbocycles. The standard InChI is InChI=1S/C5H7NS2/c1-4(3-6)5(7)8-2/h7H,1-2H3/b5-4+. The number of hydrogen-bond donors (Lipinski definition) is 1. The molecule has 0 saturated heterocycles. The zero-order valence-electron chi connectivity index (χ0n) is 4.80. The highest BCUT2D eigenvalue weighted by atomic mass is 32.2. The molecule has 0 N–H and O–H groups in total. The van der Waals surface area contributed by atoms with Gasteiger partial charge in [0.1, 0.15) is 0 Å². The zero-order chi connectivity index (χ0) is 6.57. The molecule has 0 aromatic rings. The quantitative estimate of drug-likeness (QED) is 0.451. The number of thiol groups is 1. The minimum Gasteiger partial charge on any atom is -0.193 e. The Kier molecular flexibility index (Phi) is 3.84. The van der Waals surface area contributed by atoms with Gasteiger partial charge in [0.2, 0.25) is 0 Å². The van der Waals surface area contributed by atoms with Gasteiger partial charge in [-0.3, -0.25) is 0 Å². The van der Waals surface area contributed by atoms with Gasteiger partial charge in [-0.25, -0.2) is 0 Å². The number of hydrogen-bond acceptors (Lipinski definition) is 3. The van der Waals surface area contributed by atoms with Gasteiger partial charge in [-0.1, -0.05) is 0 Å². The molecule has 1 nitrogen and oxygen atoms in total. The summed E-state index contributed by atoms with van der Waals surface area (Å²) in [6.45, 7) is 1.75. The molecule has 0 aliphatic heterocycles. The van der Waals surface area contributed by atoms with Crippen LogP contribution in [0.4, 0.5) is 0 Å². The maximum absolute atomic E-state index is 8.27. The molecule has 0 spiro atoms. The van der Waals surface area contributed by atoms with E-state index in [1.165, 1.54) is 11.8 Å². The number of thioether (sulfide) groups is 1. The predicted octanol–water partition coefficient (Wildman–Crippen LogP) is 2.03. The first-order valence-corrected chi connectivity index (χ1v) is 3.73. The summed E-state index contributed by atoms with van der Waals surface area (Å²) in [6, 6.07) is 2.00. The Hall–Kier alpha value is -0.0700. The molecule has 0 amide bonds. The fourth-order valence-corrected chi connectivity index (χ4v) is 0.603. The second kappa shape index (κ2) is 3.88. The molecule has 0 aromatic heterocycles. The van der Waals surface area contributed by atoms with E-state index in [0.717, 1.165) is 4.24 Å². The Morgan fingerprint density at radius 2 is 2.25 bits per heavy atom. The second-order valence-electron chi connectivity index (χ2n) is 1.25. The average molecular weight is 145 g/mol. The molecule has 0 atom stereocenters. The molecule has 0 bridgehead atoms. The Morgan fingerprint density at radius 1 is 1.75 bits per heavy atom. The molecule has 44 valence electrons. The monoisotopic (exact) mass is 145 g/mol. The van der Waals surface area contributed by atoms with Gasteiger partial charge in [0, 0.05) is 5.57 Å². The van der Waals surface area contributed by atoms with Crippen LogP contribution in [0.25, 0.3) is 0 Å². The molecule has 0 rings (SSSR count). The molecule has 0 radical (unpaired) electrons. The van der Waals surface area contributed by atoms with Gasteiger partial charge in [-0.15, -0.1) is 24.4 Å². The van der Waals surface area contributed by atoms with Gasteiger partial charge in [0.05, 0.1) is 10.3 Å². The first-order chi connectivity index (χ1) is 3.72. The van der Waals surface area contributed by atoms with Gasteiger partial charge < -0.3 is 0 Å². The molecular weight excluding hydrogens is 138 g/mol. The maximum Gasteiger partial charge on any atom is 0.0961 e. The minimum atomic E-state index is 0.681. The molecular formula is C5H7NS2. The summed E-state index contributed by atoms with van der Waals surface area (Å²) in [4.78, 5) is 0. The summed E-state index contributed by atoms with van der Waals surface area (Å²) in [5.41, 5.74) is 0.681. The van der Waals surface area contributed by atoms with Crippen molar-refractivity contribution in [2.24, 2.45) is 0 Å². The minimum absolute atomic E-state index is 0.681. The summed E-state index contributed by atoms with van der Waals surface area (Å²) in [5, 5.41) is 8.27. The molecule has 8 heavy (non-hydrogen) atoms. The molecule has 3 heteroatoms. The highest BCUT2D eigenvalue weighted by Crippen LogP contribution is 2.19. The predicted molar refractivity (Wildman–Crippen MR) is 40.8 cm³/mol. The summed E-state index contributed by atoms with van der Waals surface area (Å²) >= 11 is 5.50. The van der Waals surface area contributed by atoms with Gasteiger partial charge in [0.15, 0.2) is 0 Å². The van der Waals surface area contributed by atoms with Crippen molar-refractivity contribution in [3.05, 3.63) is 9.81 Å². The third kappa shape index (κ3) is 2.29. The molecule has 0 aliphatic carbocycles. The largest absolute Gasteiger partial charge is 0.193 e. The van der Waals surface area contributed by atoms with E-state index < -0.39 is 0 Å². The van der Waals surface area contributed by atoms with Crippen LogP contribution in [0.2, 0.25) is 0 Å². The lowest BCUT2D eigenvalue weighted by molar-refractivity contribution is 1.45. The Morgan fingerprint density at radius 3 is 2.38 bits per heavy atom. The van der Waals surface area contributed by atoms with Crippen LogP contribution in [0.3, 0.4) is 0 Å². The fraction of sp³-hybridized carbons (Fsp3) is 0.400. The molecule has 0 unspecified atom stereocenters. The molecule has 0 heterocycles. The lowest BCUT2D eigenvalue weighted by Crippen LogP contribution is -1.68. The van der Waals surface area contributed by atoms with Crippen molar-refractivity contribution in [2.75, 3.05) is 6.26 Å². The van der Waals surface area contributed by atoms with Crippen molar-refractivity contribution < 1.29 is 0 Å². The van der Waals surface area contributed by atoms with E-state index in [4.69, 9.17) is 5.26 Å². The van der Waals surface area contributed by atoms with E-state index in [-0.39, 0.29) is 0 Å². The normalized spacial score (nSPS) is 12.2. The third-order valence-electron chi connectivity index (χ3n) is 0.682. The van der Waals surface area contributed by atoms with E-state index >= 15 is 0 Å². The van der Waals surface area contributed by atoms with Crippen molar-refractivity contribution in [3.8, 4) is 6.07 Å². The fourth-order valence-electron chi connectivity index (χ4n) is 0.201. The first-order valence-electron chi connectivity index (χ1n) is 2.06. The topological polar surface area (TPSA) is 23.8 Å². The zero-order valence-corrected chi connectivity index (χ0v) is 6.51. The Bertz CT molecular complexity index is 143. The summed E-state index contributed by atoms with van der Waals surface area (Å²) in [7, 11) is 0. The van der Waals surface area contributed by atoms with Crippen LogP contribution in [0.15, 0.2) is 9.81 Å². The number of nitrogens with zero attached hydrogens (tertiary/aromatic N) is 1. The van der Waals surface area contributed by atoms with Crippen molar-refractivity contribution in [3.63, 3.8) is 0 Å². The van der Waals surface area contributed by atoms with Crippen molar-refractivity contribution in [2.45, 2.75) is 6.92 Å². The van der Waals surface area contributed by atoms with E-state index in [9.17, 15) is 0 Å². The van der Waals surface area contributed by atoms with Crippen LogP contribution in [-0.4, -0.2) is 6.26 Å². The lowest BCUT2D eigenvalue weighted by Gasteiger charge is -1.90. The van der Waals surface area contributed by atoms with E-state index in [0.29, 0.717) is 5.57 Å². The summed E-state index contributed by atoms with van der Waals surface area (Å²) in [6.07, 6.45) is 1.89. The van der Waals surface area contributed by atoms with E-state index in [1.54, 1.807) is 6.92 Å². The number of allylic oxidation sites excluding steroid dienone is 1. The number of nitriles is 1. The molecule has 0 aliphatic rings. The van der Waals surface area contributed by atoms with Crippen molar-refractivity contribution in [1.29, 1.82) is 5.26 Å². The average Bonchev–Trinajstić information content (AvgIpc) is 1.84. The summed E-state index contributed by atoms with van der Waals surface area (Å²) < 4.78 is 0.799. The second-order valence-corrected chi connectivity index (χ2v) is 2.81. The van der Waals surface area contributed by atoms with Crippen LogP contribution in [0.1, 0.15) is 6.92 Å². The van der Waals surface area contributed by atoms with Gasteiger partial charge >= 0.3 is 0 Å². The van der Waals surface area contributed by atoms with Gasteiger partial charge in [-0.05, 0) is 13.2 Å². The number of rotatable bonds is 1. The maximum atomic E-state index is 8.27. The third-order valence-corrected chi connectivity index (χ3v) is 2.26. The van der Waals surface area contributed by atoms with Gasteiger partial charge in [0.25, 0.3) is 0 Å². The molecule has 0 saturated carbocycles. The lowest BCUT2D eigenvalue weighted by atomic mass is 10.4. The Balaban J connectivity index is 4.10. The molecule has 0 fully saturated rings. The highest BCUT2D eigenvalue weighted by molar-refractivity contribution is 8.15. The summed E-state index contributed by atoms with van der Waals surface area (Å²) in [5.74, 6) is 0. The van der Waals surface area contributed by atoms with E-state index in [2.05, 4.69) is 12.6 Å². The van der Waals surface area contributed by atoms with Crippen LogP contribution in [0, 0.1) is 11.3 Å². The van der Waals surface area contributed by atoms with E-state index in [1.807, 2.05) is 12.3 Å².